The number of unbranched alkanes of at least 4 members (excludes halogenated alkanes) is 20. The lowest BCUT2D eigenvalue weighted by Gasteiger charge is -2.39. The summed E-state index contributed by atoms with van der Waals surface area (Å²) in [4.78, 5) is 33.0. The van der Waals surface area contributed by atoms with E-state index in [1.807, 2.05) is 0 Å². The number of aliphatic carboxylic acids is 3. The van der Waals surface area contributed by atoms with Crippen LogP contribution in [0.4, 0.5) is 0 Å². The average Bonchev–Trinajstić information content (AvgIpc) is 3.00. The highest BCUT2D eigenvalue weighted by molar-refractivity contribution is 5.66. The van der Waals surface area contributed by atoms with Gasteiger partial charge in [-0.05, 0) is 83.5 Å². The van der Waals surface area contributed by atoms with Crippen LogP contribution in [0.5, 0.6) is 0 Å². The Morgan fingerprint density at radius 2 is 0.778 bits per heavy atom. The first kappa shape index (κ1) is 43.1. The number of carboxylic acids is 3. The molecule has 0 bridgehead atoms. The zero-order valence-electron chi connectivity index (χ0n) is 29.3. The number of quaternary nitrogens is 1. The molecule has 0 rings (SSSR count). The summed E-state index contributed by atoms with van der Waals surface area (Å²) in [6.07, 6.45) is 34.3. The Labute approximate surface area is 276 Å². The van der Waals surface area contributed by atoms with E-state index in [2.05, 4.69) is 19.1 Å². The summed E-state index contributed by atoms with van der Waals surface area (Å²) >= 11 is 0. The van der Waals surface area contributed by atoms with Gasteiger partial charge in [-0.25, -0.2) is 0 Å². The molecule has 0 spiro atoms. The zero-order chi connectivity index (χ0) is 33.3. The van der Waals surface area contributed by atoms with Crippen molar-refractivity contribution in [3.63, 3.8) is 0 Å². The Hall–Kier alpha value is -1.89. The molecule has 0 aliphatic heterocycles. The van der Waals surface area contributed by atoms with Crippen molar-refractivity contribution >= 4 is 17.9 Å². The van der Waals surface area contributed by atoms with Crippen molar-refractivity contribution in [1.29, 1.82) is 0 Å². The SMILES string of the molecule is CCCCC/C=C/CCCCCCCCCCCCCCCC[N+](CCCCC(=O)[O-])(CCCCC(=O)O)CCCCC(=O)O. The third kappa shape index (κ3) is 31.9. The van der Waals surface area contributed by atoms with Crippen LogP contribution in [0.25, 0.3) is 0 Å². The third-order valence-electron chi connectivity index (χ3n) is 9.20. The quantitative estimate of drug-likeness (QED) is 0.0402. The number of hydrogen-bond donors (Lipinski definition) is 2. The lowest BCUT2D eigenvalue weighted by Crippen LogP contribution is -2.51. The smallest absolute Gasteiger partial charge is 0.303 e. The van der Waals surface area contributed by atoms with Gasteiger partial charge >= 0.3 is 11.9 Å². The normalized spacial score (nSPS) is 11.8. The van der Waals surface area contributed by atoms with Crippen LogP contribution in [-0.2, 0) is 14.4 Å². The first-order valence-corrected chi connectivity index (χ1v) is 18.9. The molecule has 0 radical (unpaired) electrons. The number of carboxylic acid groups (broad SMARTS) is 3. The Bertz CT molecular complexity index is 683. The maximum atomic E-state index is 11.0. The lowest BCUT2D eigenvalue weighted by atomic mass is 10.0. The summed E-state index contributed by atoms with van der Waals surface area (Å²) < 4.78 is 0.850. The second kappa shape index (κ2) is 32.1. The van der Waals surface area contributed by atoms with Crippen molar-refractivity contribution in [1.82, 2.24) is 0 Å². The number of allylic oxidation sites excluding steroid dienone is 2. The largest absolute Gasteiger partial charge is 0.550 e. The Morgan fingerprint density at radius 1 is 0.467 bits per heavy atom. The van der Waals surface area contributed by atoms with Gasteiger partial charge in [-0.3, -0.25) is 9.59 Å². The van der Waals surface area contributed by atoms with Gasteiger partial charge in [0, 0.05) is 18.8 Å². The molecule has 0 unspecified atom stereocenters. The Balaban J connectivity index is 4.18. The molecule has 0 aromatic rings. The molecule has 0 aliphatic rings. The topological polar surface area (TPSA) is 115 Å². The molecule has 0 fully saturated rings. The van der Waals surface area contributed by atoms with Crippen LogP contribution in [0.3, 0.4) is 0 Å². The summed E-state index contributed by atoms with van der Waals surface area (Å²) in [6.45, 7) is 5.88. The summed E-state index contributed by atoms with van der Waals surface area (Å²) in [5.41, 5.74) is 0. The van der Waals surface area contributed by atoms with Crippen LogP contribution in [-0.4, -0.2) is 58.8 Å². The first-order valence-electron chi connectivity index (χ1n) is 18.9. The van der Waals surface area contributed by atoms with E-state index in [-0.39, 0.29) is 19.3 Å². The minimum atomic E-state index is -1.02. The summed E-state index contributed by atoms with van der Waals surface area (Å²) in [5.74, 6) is -2.56. The van der Waals surface area contributed by atoms with Crippen molar-refractivity contribution in [3.05, 3.63) is 12.2 Å². The molecule has 7 nitrogen and oxygen atoms in total. The minimum Gasteiger partial charge on any atom is -0.550 e. The lowest BCUT2D eigenvalue weighted by molar-refractivity contribution is -0.929. The van der Waals surface area contributed by atoms with Crippen molar-refractivity contribution in [3.8, 4) is 0 Å². The molecule has 2 N–H and O–H groups in total. The van der Waals surface area contributed by atoms with Gasteiger partial charge in [0.2, 0.25) is 0 Å². The van der Waals surface area contributed by atoms with E-state index >= 15 is 0 Å². The number of carbonyl (C=O) groups is 3. The standard InChI is InChI=1S/C38H71NO6/c1-2-3-4-5-6-7-8-9-10-11-12-13-14-15-16-17-18-19-20-21-25-32-39(33-26-22-29-36(40)41,34-27-23-30-37(42)43)35-28-24-31-38(44)45/h6-7H,2-5,8-35H2,1H3,(H2-,40,41,42,43,44,45)/b7-6+. The second-order valence-electron chi connectivity index (χ2n) is 13.5. The monoisotopic (exact) mass is 638 g/mol. The molecule has 7 heteroatoms. The third-order valence-corrected chi connectivity index (χ3v) is 9.20. The molecule has 0 aromatic carbocycles. The highest BCUT2D eigenvalue weighted by Crippen LogP contribution is 2.20. The number of carbonyl (C=O) groups excluding carboxylic acids is 1. The van der Waals surface area contributed by atoms with E-state index in [1.54, 1.807) is 0 Å². The van der Waals surface area contributed by atoms with E-state index < -0.39 is 17.9 Å². The molecule has 0 aliphatic carbocycles. The van der Waals surface area contributed by atoms with Gasteiger partial charge in [0.25, 0.3) is 0 Å². The van der Waals surface area contributed by atoms with Crippen LogP contribution in [0, 0.1) is 0 Å². The highest BCUT2D eigenvalue weighted by Gasteiger charge is 2.26. The molecule has 0 saturated heterocycles. The fourth-order valence-electron chi connectivity index (χ4n) is 6.41. The molecule has 0 atom stereocenters. The van der Waals surface area contributed by atoms with Crippen LogP contribution in [0.1, 0.15) is 187 Å². The Kier molecular flexibility index (Phi) is 30.7. The molecule has 0 heterocycles. The van der Waals surface area contributed by atoms with Crippen molar-refractivity contribution in [2.24, 2.45) is 0 Å². The van der Waals surface area contributed by atoms with Gasteiger partial charge in [0.1, 0.15) is 0 Å². The van der Waals surface area contributed by atoms with Gasteiger partial charge in [0.15, 0.2) is 0 Å². The van der Waals surface area contributed by atoms with Gasteiger partial charge in [0.05, 0.1) is 26.2 Å². The zero-order valence-corrected chi connectivity index (χ0v) is 29.3. The van der Waals surface area contributed by atoms with Crippen LogP contribution in [0.15, 0.2) is 12.2 Å². The second-order valence-corrected chi connectivity index (χ2v) is 13.5. The summed E-state index contributed by atoms with van der Waals surface area (Å²) in [6, 6.07) is 0. The van der Waals surface area contributed by atoms with Gasteiger partial charge < -0.3 is 24.6 Å². The summed E-state index contributed by atoms with van der Waals surface area (Å²) in [5, 5.41) is 29.0. The Morgan fingerprint density at radius 3 is 1.13 bits per heavy atom. The molecule has 0 saturated carbocycles. The van der Waals surface area contributed by atoms with E-state index in [0.717, 1.165) is 56.3 Å². The number of hydrogen-bond acceptors (Lipinski definition) is 4. The fourth-order valence-corrected chi connectivity index (χ4v) is 6.41. The molecule has 45 heavy (non-hydrogen) atoms. The molecular formula is C38H71NO6. The fraction of sp³-hybridized carbons (Fsp3) is 0.868. The minimum absolute atomic E-state index is 0.0649. The van der Waals surface area contributed by atoms with Gasteiger partial charge in [-0.2, -0.15) is 0 Å². The molecule has 0 aromatic heterocycles. The van der Waals surface area contributed by atoms with Crippen molar-refractivity contribution in [2.75, 3.05) is 26.2 Å². The van der Waals surface area contributed by atoms with E-state index in [9.17, 15) is 19.5 Å². The van der Waals surface area contributed by atoms with Crippen molar-refractivity contribution in [2.45, 2.75) is 187 Å². The molecular weight excluding hydrogens is 566 g/mol. The highest BCUT2D eigenvalue weighted by atomic mass is 16.4. The number of rotatable bonds is 36. The van der Waals surface area contributed by atoms with Crippen LogP contribution >= 0.6 is 0 Å². The summed E-state index contributed by atoms with van der Waals surface area (Å²) in [7, 11) is 0. The van der Waals surface area contributed by atoms with Crippen molar-refractivity contribution < 1.29 is 34.2 Å². The predicted molar refractivity (Wildman–Crippen MR) is 184 cm³/mol. The van der Waals surface area contributed by atoms with E-state index in [1.165, 1.54) is 116 Å². The van der Waals surface area contributed by atoms with E-state index in [0.29, 0.717) is 19.3 Å². The van der Waals surface area contributed by atoms with Crippen LogP contribution < -0.4 is 5.11 Å². The predicted octanol–water partition coefficient (Wildman–Crippen LogP) is 9.22. The maximum Gasteiger partial charge on any atom is 0.303 e. The molecule has 264 valence electrons. The van der Waals surface area contributed by atoms with E-state index in [4.69, 9.17) is 10.2 Å². The van der Waals surface area contributed by atoms with Gasteiger partial charge in [-0.15, -0.1) is 0 Å². The average molecular weight is 638 g/mol. The first-order chi connectivity index (χ1) is 21.8. The van der Waals surface area contributed by atoms with Crippen LogP contribution in [0.2, 0.25) is 0 Å². The van der Waals surface area contributed by atoms with Gasteiger partial charge in [-0.1, -0.05) is 103 Å². The number of nitrogens with zero attached hydrogens (tertiary/aromatic N) is 1. The molecule has 0 amide bonds. The maximum absolute atomic E-state index is 11.0.